The summed E-state index contributed by atoms with van der Waals surface area (Å²) in [4.78, 5) is 0. The van der Waals surface area contributed by atoms with Gasteiger partial charge in [0.1, 0.15) is 5.76 Å². The molecule has 0 aromatic carbocycles. The van der Waals surface area contributed by atoms with E-state index >= 15 is 0 Å². The zero-order valence-electron chi connectivity index (χ0n) is 11.8. The van der Waals surface area contributed by atoms with Gasteiger partial charge in [0, 0.05) is 6.04 Å². The molecule has 0 amide bonds. The van der Waals surface area contributed by atoms with Gasteiger partial charge in [0.15, 0.2) is 9.84 Å². The molecule has 1 saturated heterocycles. The minimum Gasteiger partial charge on any atom is -0.447 e. The van der Waals surface area contributed by atoms with E-state index in [1.54, 1.807) is 6.07 Å². The Kier molecular flexibility index (Phi) is 5.07. The summed E-state index contributed by atoms with van der Waals surface area (Å²) in [5.41, 5.74) is 0. The van der Waals surface area contributed by atoms with Gasteiger partial charge in [0.2, 0.25) is 5.09 Å². The third-order valence-electron chi connectivity index (χ3n) is 3.18. The van der Waals surface area contributed by atoms with Crippen LogP contribution in [0, 0.1) is 0 Å². The molecule has 0 aliphatic carbocycles. The van der Waals surface area contributed by atoms with E-state index in [9.17, 15) is 16.8 Å². The predicted octanol–water partition coefficient (Wildman–Crippen LogP) is 0.245. The molecular weight excluding hydrogens is 316 g/mol. The summed E-state index contributed by atoms with van der Waals surface area (Å²) in [6.45, 7) is 3.31. The van der Waals surface area contributed by atoms with Gasteiger partial charge in [-0.1, -0.05) is 6.92 Å². The lowest BCUT2D eigenvalue weighted by Gasteiger charge is -2.09. The van der Waals surface area contributed by atoms with Gasteiger partial charge in [-0.05, 0) is 31.5 Å². The first-order chi connectivity index (χ1) is 9.82. The van der Waals surface area contributed by atoms with Crippen LogP contribution in [0.1, 0.15) is 25.5 Å². The molecule has 1 aliphatic rings. The maximum Gasteiger partial charge on any atom is 0.274 e. The molecule has 1 fully saturated rings. The molecule has 1 atom stereocenters. The second-order valence-corrected chi connectivity index (χ2v) is 8.99. The van der Waals surface area contributed by atoms with E-state index in [1.165, 1.54) is 6.07 Å². The van der Waals surface area contributed by atoms with Crippen LogP contribution in [-0.4, -0.2) is 40.9 Å². The van der Waals surface area contributed by atoms with Gasteiger partial charge in [-0.15, -0.1) is 0 Å². The quantitative estimate of drug-likeness (QED) is 0.691. The fourth-order valence-electron chi connectivity index (χ4n) is 2.15. The molecule has 7 nitrogen and oxygen atoms in total. The lowest BCUT2D eigenvalue weighted by Crippen LogP contribution is -2.35. The highest BCUT2D eigenvalue weighted by molar-refractivity contribution is 7.92. The lowest BCUT2D eigenvalue weighted by atomic mass is 10.3. The Morgan fingerprint density at radius 3 is 2.76 bits per heavy atom. The summed E-state index contributed by atoms with van der Waals surface area (Å²) < 4.78 is 54.6. The fraction of sp³-hybridized carbons (Fsp3) is 0.667. The number of hydrogen-bond acceptors (Lipinski definition) is 6. The Balaban J connectivity index is 1.99. The molecule has 1 aliphatic heterocycles. The van der Waals surface area contributed by atoms with Gasteiger partial charge in [-0.25, -0.2) is 21.6 Å². The first-order valence-electron chi connectivity index (χ1n) is 6.84. The van der Waals surface area contributed by atoms with Crippen LogP contribution in [0.2, 0.25) is 0 Å². The SMILES string of the molecule is CCCNCc1ccc(S(=O)(=O)NC2CCS(=O)(=O)C2)o1. The van der Waals surface area contributed by atoms with Crippen molar-refractivity contribution in [3.05, 3.63) is 17.9 Å². The minimum absolute atomic E-state index is 0.0184. The number of nitrogens with one attached hydrogen (secondary N) is 2. The summed E-state index contributed by atoms with van der Waals surface area (Å²) in [6, 6.07) is 2.41. The van der Waals surface area contributed by atoms with Gasteiger partial charge in [-0.3, -0.25) is 0 Å². The number of hydrogen-bond donors (Lipinski definition) is 2. The van der Waals surface area contributed by atoms with Crippen molar-refractivity contribution in [3.8, 4) is 0 Å². The van der Waals surface area contributed by atoms with Crippen molar-refractivity contribution in [1.29, 1.82) is 0 Å². The highest BCUT2D eigenvalue weighted by Gasteiger charge is 2.32. The predicted molar refractivity (Wildman–Crippen MR) is 78.1 cm³/mol. The van der Waals surface area contributed by atoms with E-state index in [0.29, 0.717) is 18.7 Å². The zero-order chi connectivity index (χ0) is 15.5. The van der Waals surface area contributed by atoms with Gasteiger partial charge in [-0.2, -0.15) is 0 Å². The molecule has 0 radical (unpaired) electrons. The fourth-order valence-corrected chi connectivity index (χ4v) is 5.15. The summed E-state index contributed by atoms with van der Waals surface area (Å²) in [5.74, 6) is 0.394. The lowest BCUT2D eigenvalue weighted by molar-refractivity contribution is 0.398. The van der Waals surface area contributed by atoms with Crippen molar-refractivity contribution < 1.29 is 21.3 Å². The number of sulfone groups is 1. The van der Waals surface area contributed by atoms with E-state index in [2.05, 4.69) is 10.0 Å². The van der Waals surface area contributed by atoms with Gasteiger partial charge < -0.3 is 9.73 Å². The third-order valence-corrected chi connectivity index (χ3v) is 6.34. The topological polar surface area (TPSA) is 105 Å². The maximum atomic E-state index is 12.1. The molecular formula is C12H20N2O5S2. The monoisotopic (exact) mass is 336 g/mol. The normalized spacial score (nSPS) is 21.7. The summed E-state index contributed by atoms with van der Waals surface area (Å²) in [6.07, 6.45) is 1.27. The second kappa shape index (κ2) is 6.47. The van der Waals surface area contributed by atoms with Gasteiger partial charge in [0.05, 0.1) is 18.1 Å². The summed E-state index contributed by atoms with van der Waals surface area (Å²) in [5, 5.41) is 2.93. The summed E-state index contributed by atoms with van der Waals surface area (Å²) >= 11 is 0. The Bertz CT molecular complexity index is 678. The number of furan rings is 1. The Morgan fingerprint density at radius 1 is 1.38 bits per heavy atom. The highest BCUT2D eigenvalue weighted by Crippen LogP contribution is 2.17. The average Bonchev–Trinajstić information content (AvgIpc) is 2.97. The average molecular weight is 336 g/mol. The van der Waals surface area contributed by atoms with Crippen LogP contribution in [-0.2, 0) is 26.4 Å². The van der Waals surface area contributed by atoms with Gasteiger partial charge >= 0.3 is 0 Å². The van der Waals surface area contributed by atoms with Crippen LogP contribution in [0.4, 0.5) is 0 Å². The van der Waals surface area contributed by atoms with Crippen molar-refractivity contribution in [3.63, 3.8) is 0 Å². The van der Waals surface area contributed by atoms with E-state index in [0.717, 1.165) is 13.0 Å². The molecule has 2 N–H and O–H groups in total. The van der Waals surface area contributed by atoms with E-state index in [4.69, 9.17) is 4.42 Å². The third kappa shape index (κ3) is 4.53. The molecule has 0 spiro atoms. The zero-order valence-corrected chi connectivity index (χ0v) is 13.5. The van der Waals surface area contributed by atoms with E-state index in [-0.39, 0.29) is 16.6 Å². The van der Waals surface area contributed by atoms with Crippen LogP contribution >= 0.6 is 0 Å². The second-order valence-electron chi connectivity index (χ2n) is 5.12. The van der Waals surface area contributed by atoms with Crippen LogP contribution in [0.5, 0.6) is 0 Å². The smallest absolute Gasteiger partial charge is 0.274 e. The molecule has 2 rings (SSSR count). The van der Waals surface area contributed by atoms with E-state index < -0.39 is 25.9 Å². The van der Waals surface area contributed by atoms with Crippen LogP contribution in [0.3, 0.4) is 0 Å². The molecule has 1 aromatic rings. The maximum absolute atomic E-state index is 12.1. The Morgan fingerprint density at radius 2 is 2.14 bits per heavy atom. The van der Waals surface area contributed by atoms with Crippen LogP contribution in [0.25, 0.3) is 0 Å². The largest absolute Gasteiger partial charge is 0.447 e. The van der Waals surface area contributed by atoms with Crippen molar-refractivity contribution in [1.82, 2.24) is 10.0 Å². The van der Waals surface area contributed by atoms with Crippen LogP contribution in [0.15, 0.2) is 21.6 Å². The molecule has 1 unspecified atom stereocenters. The molecule has 0 bridgehead atoms. The van der Waals surface area contributed by atoms with Crippen LogP contribution < -0.4 is 10.0 Å². The molecule has 9 heteroatoms. The summed E-state index contributed by atoms with van der Waals surface area (Å²) in [7, 11) is -6.94. The van der Waals surface area contributed by atoms with Gasteiger partial charge in [0.25, 0.3) is 10.0 Å². The molecule has 1 aromatic heterocycles. The number of rotatable bonds is 7. The van der Waals surface area contributed by atoms with Crippen molar-refractivity contribution in [2.75, 3.05) is 18.1 Å². The first-order valence-corrected chi connectivity index (χ1v) is 10.1. The Labute approximate surface area is 125 Å². The molecule has 120 valence electrons. The molecule has 2 heterocycles. The molecule has 0 saturated carbocycles. The first kappa shape index (κ1) is 16.5. The van der Waals surface area contributed by atoms with Crippen molar-refractivity contribution in [2.45, 2.75) is 37.4 Å². The highest BCUT2D eigenvalue weighted by atomic mass is 32.2. The minimum atomic E-state index is -3.81. The molecule has 21 heavy (non-hydrogen) atoms. The van der Waals surface area contributed by atoms with Crippen molar-refractivity contribution in [2.24, 2.45) is 0 Å². The van der Waals surface area contributed by atoms with E-state index in [1.807, 2.05) is 6.92 Å². The Hall–Kier alpha value is -0.900. The standard InChI is InChI=1S/C12H20N2O5S2/c1-2-6-13-8-11-3-4-12(19-11)21(17,18)14-10-5-7-20(15,16)9-10/h3-4,10,13-14H,2,5-9H2,1H3. The van der Waals surface area contributed by atoms with Crippen molar-refractivity contribution >= 4 is 19.9 Å². The number of sulfonamides is 1.